The summed E-state index contributed by atoms with van der Waals surface area (Å²) in [6, 6.07) is 3.98. The van der Waals surface area contributed by atoms with Crippen LogP contribution in [0, 0.1) is 6.92 Å². The highest BCUT2D eigenvalue weighted by molar-refractivity contribution is 7.15. The van der Waals surface area contributed by atoms with Crippen LogP contribution >= 0.6 is 11.3 Å². The van der Waals surface area contributed by atoms with Gasteiger partial charge in [0.15, 0.2) is 0 Å². The van der Waals surface area contributed by atoms with Crippen LogP contribution in [0.4, 0.5) is 0 Å². The number of hydrogen-bond donors (Lipinski definition) is 1. The number of thiazole rings is 1. The van der Waals surface area contributed by atoms with Crippen molar-refractivity contribution in [2.45, 2.75) is 13.5 Å². The summed E-state index contributed by atoms with van der Waals surface area (Å²) in [7, 11) is 1.95. The molecule has 2 rings (SSSR count). The molecule has 0 atom stereocenters. The Labute approximate surface area is 93.2 Å². The quantitative estimate of drug-likeness (QED) is 0.860. The molecule has 2 heterocycles. The Hall–Kier alpha value is -1.26. The Morgan fingerprint density at radius 3 is 2.73 bits per heavy atom. The lowest BCUT2D eigenvalue weighted by Crippen LogP contribution is -2.04. The van der Waals surface area contributed by atoms with Crippen LogP contribution in [0.3, 0.4) is 0 Å². The SMILES string of the molecule is CNCc1sc(-c2ccncc2)nc1C. The van der Waals surface area contributed by atoms with E-state index in [1.54, 1.807) is 23.7 Å². The molecule has 0 aromatic carbocycles. The number of aromatic nitrogens is 2. The van der Waals surface area contributed by atoms with Crippen LogP contribution < -0.4 is 5.32 Å². The molecule has 0 aliphatic rings. The van der Waals surface area contributed by atoms with E-state index in [1.165, 1.54) is 4.88 Å². The largest absolute Gasteiger partial charge is 0.315 e. The monoisotopic (exact) mass is 219 g/mol. The normalized spacial score (nSPS) is 10.5. The molecule has 0 aliphatic carbocycles. The van der Waals surface area contributed by atoms with E-state index in [1.807, 2.05) is 26.1 Å². The molecular weight excluding hydrogens is 206 g/mol. The molecule has 2 aromatic heterocycles. The molecule has 0 aliphatic heterocycles. The van der Waals surface area contributed by atoms with Gasteiger partial charge in [-0.2, -0.15) is 0 Å². The summed E-state index contributed by atoms with van der Waals surface area (Å²) in [5.74, 6) is 0. The first-order chi connectivity index (χ1) is 7.31. The molecule has 0 fully saturated rings. The zero-order chi connectivity index (χ0) is 10.7. The molecule has 1 N–H and O–H groups in total. The van der Waals surface area contributed by atoms with Crippen LogP contribution in [0.2, 0.25) is 0 Å². The Kier molecular flexibility index (Phi) is 3.08. The molecule has 3 nitrogen and oxygen atoms in total. The maximum absolute atomic E-state index is 4.55. The minimum atomic E-state index is 0.884. The van der Waals surface area contributed by atoms with Crippen molar-refractivity contribution in [3.63, 3.8) is 0 Å². The van der Waals surface area contributed by atoms with Gasteiger partial charge in [0.25, 0.3) is 0 Å². The van der Waals surface area contributed by atoms with E-state index in [2.05, 4.69) is 15.3 Å². The Morgan fingerprint density at radius 1 is 1.33 bits per heavy atom. The highest BCUT2D eigenvalue weighted by Gasteiger charge is 2.07. The summed E-state index contributed by atoms with van der Waals surface area (Å²) < 4.78 is 0. The van der Waals surface area contributed by atoms with Gasteiger partial charge in [0, 0.05) is 29.4 Å². The smallest absolute Gasteiger partial charge is 0.124 e. The van der Waals surface area contributed by atoms with Crippen molar-refractivity contribution < 1.29 is 0 Å². The van der Waals surface area contributed by atoms with Gasteiger partial charge in [0.2, 0.25) is 0 Å². The van der Waals surface area contributed by atoms with Crippen molar-refractivity contribution in [2.24, 2.45) is 0 Å². The first-order valence-corrected chi connectivity index (χ1v) is 5.64. The second-order valence-electron chi connectivity index (χ2n) is 3.29. The van der Waals surface area contributed by atoms with Crippen molar-refractivity contribution >= 4 is 11.3 Å². The second kappa shape index (κ2) is 4.51. The summed E-state index contributed by atoms with van der Waals surface area (Å²) >= 11 is 1.74. The van der Waals surface area contributed by atoms with E-state index in [0.29, 0.717) is 0 Å². The predicted molar refractivity (Wildman–Crippen MR) is 62.8 cm³/mol. The minimum Gasteiger partial charge on any atom is -0.315 e. The van der Waals surface area contributed by atoms with Crippen molar-refractivity contribution in [1.29, 1.82) is 0 Å². The average Bonchev–Trinajstić information content (AvgIpc) is 2.63. The molecular formula is C11H13N3S. The van der Waals surface area contributed by atoms with E-state index in [4.69, 9.17) is 0 Å². The first kappa shape index (κ1) is 10.3. The van der Waals surface area contributed by atoms with Crippen LogP contribution in [-0.2, 0) is 6.54 Å². The topological polar surface area (TPSA) is 37.8 Å². The van der Waals surface area contributed by atoms with Crippen LogP contribution in [-0.4, -0.2) is 17.0 Å². The molecule has 0 unspecified atom stereocenters. The fourth-order valence-electron chi connectivity index (χ4n) is 1.37. The fraction of sp³-hybridized carbons (Fsp3) is 0.273. The van der Waals surface area contributed by atoms with Crippen LogP contribution in [0.15, 0.2) is 24.5 Å². The van der Waals surface area contributed by atoms with Gasteiger partial charge in [-0.15, -0.1) is 11.3 Å². The molecule has 0 spiro atoms. The van der Waals surface area contributed by atoms with Gasteiger partial charge in [0.05, 0.1) is 5.69 Å². The lowest BCUT2D eigenvalue weighted by Gasteiger charge is -1.93. The maximum Gasteiger partial charge on any atom is 0.124 e. The molecule has 2 aromatic rings. The minimum absolute atomic E-state index is 0.884. The summed E-state index contributed by atoms with van der Waals surface area (Å²) in [4.78, 5) is 9.85. The Bertz CT molecular complexity index is 436. The fourth-order valence-corrected chi connectivity index (χ4v) is 2.45. The predicted octanol–water partition coefficient (Wildman–Crippen LogP) is 2.23. The third-order valence-corrected chi connectivity index (χ3v) is 3.36. The van der Waals surface area contributed by atoms with Gasteiger partial charge in [-0.1, -0.05) is 0 Å². The highest BCUT2D eigenvalue weighted by atomic mass is 32.1. The molecule has 0 saturated heterocycles. The number of rotatable bonds is 3. The van der Waals surface area contributed by atoms with Gasteiger partial charge >= 0.3 is 0 Å². The lowest BCUT2D eigenvalue weighted by molar-refractivity contribution is 0.823. The number of hydrogen-bond acceptors (Lipinski definition) is 4. The van der Waals surface area contributed by atoms with Gasteiger partial charge in [-0.25, -0.2) is 4.98 Å². The van der Waals surface area contributed by atoms with Crippen molar-refractivity contribution in [2.75, 3.05) is 7.05 Å². The van der Waals surface area contributed by atoms with E-state index in [0.717, 1.165) is 22.8 Å². The number of pyridine rings is 1. The molecule has 4 heteroatoms. The summed E-state index contributed by atoms with van der Waals surface area (Å²) in [5.41, 5.74) is 2.25. The van der Waals surface area contributed by atoms with Crippen molar-refractivity contribution in [3.05, 3.63) is 35.1 Å². The maximum atomic E-state index is 4.55. The van der Waals surface area contributed by atoms with Crippen LogP contribution in [0.5, 0.6) is 0 Å². The standard InChI is InChI=1S/C11H13N3S/c1-8-10(7-12-2)15-11(14-8)9-3-5-13-6-4-9/h3-6,12H,7H2,1-2H3. The van der Waals surface area contributed by atoms with E-state index < -0.39 is 0 Å². The molecule has 0 radical (unpaired) electrons. The third-order valence-electron chi connectivity index (χ3n) is 2.16. The molecule has 0 saturated carbocycles. The van der Waals surface area contributed by atoms with Crippen molar-refractivity contribution in [1.82, 2.24) is 15.3 Å². The second-order valence-corrected chi connectivity index (χ2v) is 4.38. The van der Waals surface area contributed by atoms with Crippen molar-refractivity contribution in [3.8, 4) is 10.6 Å². The number of aryl methyl sites for hydroxylation is 1. The van der Waals surface area contributed by atoms with Gasteiger partial charge in [0.1, 0.15) is 5.01 Å². The van der Waals surface area contributed by atoms with E-state index in [-0.39, 0.29) is 0 Å². The van der Waals surface area contributed by atoms with E-state index in [9.17, 15) is 0 Å². The summed E-state index contributed by atoms with van der Waals surface area (Å²) in [6.45, 7) is 2.93. The van der Waals surface area contributed by atoms with Crippen LogP contribution in [0.25, 0.3) is 10.6 Å². The van der Waals surface area contributed by atoms with Gasteiger partial charge in [-0.3, -0.25) is 4.98 Å². The van der Waals surface area contributed by atoms with Gasteiger partial charge < -0.3 is 5.32 Å². The third kappa shape index (κ3) is 2.22. The molecule has 0 amide bonds. The number of nitrogens with zero attached hydrogens (tertiary/aromatic N) is 2. The number of nitrogens with one attached hydrogen (secondary N) is 1. The zero-order valence-electron chi connectivity index (χ0n) is 8.82. The zero-order valence-corrected chi connectivity index (χ0v) is 9.64. The molecule has 15 heavy (non-hydrogen) atoms. The van der Waals surface area contributed by atoms with Crippen LogP contribution in [0.1, 0.15) is 10.6 Å². The van der Waals surface area contributed by atoms with E-state index >= 15 is 0 Å². The Balaban J connectivity index is 2.34. The Morgan fingerprint density at radius 2 is 2.07 bits per heavy atom. The summed E-state index contributed by atoms with van der Waals surface area (Å²) in [6.07, 6.45) is 3.59. The highest BCUT2D eigenvalue weighted by Crippen LogP contribution is 2.27. The average molecular weight is 219 g/mol. The molecule has 0 bridgehead atoms. The molecule has 78 valence electrons. The summed E-state index contributed by atoms with van der Waals surface area (Å²) in [5, 5.41) is 4.22. The van der Waals surface area contributed by atoms with Gasteiger partial charge in [-0.05, 0) is 26.1 Å². The first-order valence-electron chi connectivity index (χ1n) is 4.82. The lowest BCUT2D eigenvalue weighted by atomic mass is 10.3.